The topological polar surface area (TPSA) is 74.6 Å². The molecule has 0 fully saturated rings. The molecular weight excluding hydrogens is 219 g/mol. The average Bonchev–Trinajstić information content (AvgIpc) is 2.15. The van der Waals surface area contributed by atoms with E-state index in [-0.39, 0.29) is 36.0 Å². The second kappa shape index (κ2) is 11.4. The van der Waals surface area contributed by atoms with E-state index in [1.165, 1.54) is 12.8 Å². The van der Waals surface area contributed by atoms with E-state index < -0.39 is 17.9 Å². The summed E-state index contributed by atoms with van der Waals surface area (Å²) in [6.45, 7) is 2.13. The molecule has 4 nitrogen and oxygen atoms in total. The Kier molecular flexibility index (Phi) is 13.1. The molecule has 0 aromatic carbocycles. The Morgan fingerprint density at radius 1 is 0.938 bits per heavy atom. The van der Waals surface area contributed by atoms with Crippen molar-refractivity contribution in [1.82, 2.24) is 0 Å². The summed E-state index contributed by atoms with van der Waals surface area (Å²) >= 11 is 0. The van der Waals surface area contributed by atoms with Crippen molar-refractivity contribution in [2.75, 3.05) is 0 Å². The standard InChI is InChI=1S/C11H20O4.Na.H/c1-2-3-4-5-6-7-8-9(10(12)13)11(14)15;;/h9H,2-8H2,1H3,(H,12,13)(H,14,15);;. The first-order valence-electron chi connectivity index (χ1n) is 5.55. The molecule has 0 aliphatic rings. The Balaban J connectivity index is 0. The van der Waals surface area contributed by atoms with Crippen molar-refractivity contribution in [3.63, 3.8) is 0 Å². The van der Waals surface area contributed by atoms with Crippen molar-refractivity contribution in [2.24, 2.45) is 5.92 Å². The zero-order valence-corrected chi connectivity index (χ0v) is 9.24. The number of rotatable bonds is 9. The van der Waals surface area contributed by atoms with Crippen LogP contribution in [0.2, 0.25) is 0 Å². The zero-order chi connectivity index (χ0) is 11.7. The quantitative estimate of drug-likeness (QED) is 0.366. The molecule has 0 bridgehead atoms. The molecule has 90 valence electrons. The molecule has 0 radical (unpaired) electrons. The predicted molar refractivity (Wildman–Crippen MR) is 63.9 cm³/mol. The molecule has 0 aliphatic carbocycles. The molecule has 0 saturated carbocycles. The van der Waals surface area contributed by atoms with Crippen molar-refractivity contribution in [3.8, 4) is 0 Å². The molecule has 2 N–H and O–H groups in total. The molecule has 0 rings (SSSR count). The van der Waals surface area contributed by atoms with E-state index in [4.69, 9.17) is 10.2 Å². The Labute approximate surface area is 119 Å². The van der Waals surface area contributed by atoms with E-state index in [2.05, 4.69) is 6.92 Å². The fourth-order valence-electron chi connectivity index (χ4n) is 1.48. The monoisotopic (exact) mass is 240 g/mol. The fourth-order valence-corrected chi connectivity index (χ4v) is 1.48. The summed E-state index contributed by atoms with van der Waals surface area (Å²) in [5, 5.41) is 17.2. The number of carboxylic acid groups (broad SMARTS) is 2. The molecule has 0 saturated heterocycles. The van der Waals surface area contributed by atoms with Crippen LogP contribution in [-0.4, -0.2) is 51.7 Å². The normalized spacial score (nSPS) is 9.88. The summed E-state index contributed by atoms with van der Waals surface area (Å²) in [7, 11) is 0. The molecule has 0 aliphatic heterocycles. The predicted octanol–water partition coefficient (Wildman–Crippen LogP) is 1.87. The summed E-state index contributed by atoms with van der Waals surface area (Å²) < 4.78 is 0. The number of aliphatic carboxylic acids is 2. The van der Waals surface area contributed by atoms with Crippen molar-refractivity contribution in [3.05, 3.63) is 0 Å². The Hall–Kier alpha value is -0.0600. The Morgan fingerprint density at radius 3 is 1.81 bits per heavy atom. The van der Waals surface area contributed by atoms with Gasteiger partial charge in [-0.1, -0.05) is 45.4 Å². The summed E-state index contributed by atoms with van der Waals surface area (Å²) in [5.74, 6) is -3.68. The van der Waals surface area contributed by atoms with Gasteiger partial charge < -0.3 is 10.2 Å². The van der Waals surface area contributed by atoms with Crippen LogP contribution in [0.1, 0.15) is 51.9 Å². The van der Waals surface area contributed by atoms with Crippen LogP contribution in [0.5, 0.6) is 0 Å². The van der Waals surface area contributed by atoms with Crippen molar-refractivity contribution in [2.45, 2.75) is 51.9 Å². The number of hydrogen-bond acceptors (Lipinski definition) is 2. The summed E-state index contributed by atoms with van der Waals surface area (Å²) in [4.78, 5) is 21.1. The first-order valence-corrected chi connectivity index (χ1v) is 5.55. The van der Waals surface area contributed by atoms with Gasteiger partial charge in [0.15, 0.2) is 5.92 Å². The minimum atomic E-state index is -1.23. The molecule has 16 heavy (non-hydrogen) atoms. The fraction of sp³-hybridized carbons (Fsp3) is 0.818. The van der Waals surface area contributed by atoms with Gasteiger partial charge in [-0.3, -0.25) is 9.59 Å². The van der Waals surface area contributed by atoms with Gasteiger partial charge in [0.2, 0.25) is 0 Å². The second-order valence-corrected chi connectivity index (χ2v) is 3.79. The van der Waals surface area contributed by atoms with Crippen LogP contribution in [0.3, 0.4) is 0 Å². The third-order valence-electron chi connectivity index (χ3n) is 2.44. The molecule has 0 aromatic heterocycles. The van der Waals surface area contributed by atoms with Gasteiger partial charge in [-0.2, -0.15) is 0 Å². The van der Waals surface area contributed by atoms with Gasteiger partial charge in [0.25, 0.3) is 0 Å². The van der Waals surface area contributed by atoms with Gasteiger partial charge in [0.1, 0.15) is 0 Å². The summed E-state index contributed by atoms with van der Waals surface area (Å²) in [6.07, 6.45) is 6.45. The maximum absolute atomic E-state index is 10.5. The van der Waals surface area contributed by atoms with E-state index in [1.54, 1.807) is 0 Å². The summed E-state index contributed by atoms with van der Waals surface area (Å²) in [5.41, 5.74) is 0. The SMILES string of the molecule is CCCCCCCCC(C(=O)O)C(=O)O.[NaH]. The molecule has 0 atom stereocenters. The van der Waals surface area contributed by atoms with Crippen LogP contribution in [0.15, 0.2) is 0 Å². The van der Waals surface area contributed by atoms with Gasteiger partial charge in [-0.15, -0.1) is 0 Å². The van der Waals surface area contributed by atoms with Crippen LogP contribution in [-0.2, 0) is 9.59 Å². The van der Waals surface area contributed by atoms with Crippen LogP contribution < -0.4 is 0 Å². The third-order valence-corrected chi connectivity index (χ3v) is 2.44. The number of hydrogen-bond donors (Lipinski definition) is 2. The van der Waals surface area contributed by atoms with E-state index in [0.717, 1.165) is 19.3 Å². The van der Waals surface area contributed by atoms with Gasteiger partial charge in [-0.05, 0) is 6.42 Å². The number of unbranched alkanes of at least 4 members (excludes halogenated alkanes) is 5. The van der Waals surface area contributed by atoms with Crippen molar-refractivity contribution >= 4 is 41.5 Å². The van der Waals surface area contributed by atoms with E-state index in [1.807, 2.05) is 0 Å². The maximum atomic E-state index is 10.5. The van der Waals surface area contributed by atoms with Crippen LogP contribution in [0.4, 0.5) is 0 Å². The molecule has 0 aromatic rings. The molecular formula is C11H21NaO4. The summed E-state index contributed by atoms with van der Waals surface area (Å²) in [6, 6.07) is 0. The van der Waals surface area contributed by atoms with Crippen LogP contribution in [0.25, 0.3) is 0 Å². The zero-order valence-electron chi connectivity index (χ0n) is 9.24. The van der Waals surface area contributed by atoms with E-state index in [0.29, 0.717) is 6.42 Å². The number of carboxylic acids is 2. The van der Waals surface area contributed by atoms with Crippen molar-refractivity contribution in [1.29, 1.82) is 0 Å². The minimum absolute atomic E-state index is 0. The van der Waals surface area contributed by atoms with Gasteiger partial charge >= 0.3 is 41.5 Å². The molecule has 0 spiro atoms. The molecule has 5 heteroatoms. The third kappa shape index (κ3) is 9.19. The Morgan fingerprint density at radius 2 is 1.38 bits per heavy atom. The van der Waals surface area contributed by atoms with E-state index >= 15 is 0 Å². The second-order valence-electron chi connectivity index (χ2n) is 3.79. The number of carbonyl (C=O) groups is 2. The van der Waals surface area contributed by atoms with Gasteiger partial charge in [-0.25, -0.2) is 0 Å². The van der Waals surface area contributed by atoms with Gasteiger partial charge in [0, 0.05) is 0 Å². The molecule has 0 unspecified atom stereocenters. The first kappa shape index (κ1) is 18.3. The van der Waals surface area contributed by atoms with Crippen LogP contribution >= 0.6 is 0 Å². The Bertz CT molecular complexity index is 192. The molecule has 0 heterocycles. The molecule has 0 amide bonds. The first-order chi connectivity index (χ1) is 7.09. The van der Waals surface area contributed by atoms with Gasteiger partial charge in [0.05, 0.1) is 0 Å². The van der Waals surface area contributed by atoms with Crippen LogP contribution in [0, 0.1) is 5.92 Å². The van der Waals surface area contributed by atoms with Crippen molar-refractivity contribution < 1.29 is 19.8 Å². The average molecular weight is 240 g/mol. The van der Waals surface area contributed by atoms with E-state index in [9.17, 15) is 9.59 Å².